The van der Waals surface area contributed by atoms with Crippen LogP contribution in [0.5, 0.6) is 0 Å². The number of nitrogens with one attached hydrogen (secondary N) is 2. The molecule has 0 saturated carbocycles. The number of hydrogen-bond acceptors (Lipinski definition) is 4. The Morgan fingerprint density at radius 2 is 2.12 bits per heavy atom. The molecule has 0 unspecified atom stereocenters. The zero-order valence-corrected chi connectivity index (χ0v) is 11.3. The molecule has 2 N–H and O–H groups in total. The maximum absolute atomic E-state index is 11.2. The molecule has 0 fully saturated rings. The van der Waals surface area contributed by atoms with Crippen LogP contribution in [0.2, 0.25) is 0 Å². The third kappa shape index (κ3) is 4.89. The highest BCUT2D eigenvalue weighted by molar-refractivity contribution is 7.89. The molecule has 0 saturated heterocycles. The van der Waals surface area contributed by atoms with E-state index in [1.165, 1.54) is 7.05 Å². The zero-order chi connectivity index (χ0) is 12.9. The molecule has 98 valence electrons. The van der Waals surface area contributed by atoms with Crippen LogP contribution in [0.15, 0.2) is 16.5 Å². The van der Waals surface area contributed by atoms with Crippen molar-refractivity contribution in [2.75, 3.05) is 19.3 Å². The maximum Gasteiger partial charge on any atom is 0.211 e. The highest BCUT2D eigenvalue weighted by atomic mass is 32.2. The standard InChI is InChI=1S/C11H20N2O3S/c1-9-5-6-11(16-9)10(2)13-7-4-8-17(14,15)12-3/h5-6,10,12-13H,4,7-8H2,1-3H3/t10-/m1/s1. The van der Waals surface area contributed by atoms with Crippen molar-refractivity contribution in [3.8, 4) is 0 Å². The van der Waals surface area contributed by atoms with Crippen LogP contribution >= 0.6 is 0 Å². The van der Waals surface area contributed by atoms with Crippen molar-refractivity contribution in [3.63, 3.8) is 0 Å². The molecule has 1 aromatic heterocycles. The zero-order valence-electron chi connectivity index (χ0n) is 10.5. The van der Waals surface area contributed by atoms with Crippen molar-refractivity contribution < 1.29 is 12.8 Å². The number of hydrogen-bond donors (Lipinski definition) is 2. The van der Waals surface area contributed by atoms with E-state index in [0.29, 0.717) is 13.0 Å². The van der Waals surface area contributed by atoms with Gasteiger partial charge < -0.3 is 9.73 Å². The van der Waals surface area contributed by atoms with E-state index in [1.807, 2.05) is 26.0 Å². The van der Waals surface area contributed by atoms with Crippen LogP contribution < -0.4 is 10.0 Å². The Morgan fingerprint density at radius 3 is 2.65 bits per heavy atom. The summed E-state index contributed by atoms with van der Waals surface area (Å²) in [6, 6.07) is 3.94. The second-order valence-electron chi connectivity index (χ2n) is 4.00. The van der Waals surface area contributed by atoms with E-state index < -0.39 is 10.0 Å². The summed E-state index contributed by atoms with van der Waals surface area (Å²) in [6.45, 7) is 4.53. The third-order valence-electron chi connectivity index (χ3n) is 2.54. The highest BCUT2D eigenvalue weighted by Crippen LogP contribution is 2.15. The Hall–Kier alpha value is -0.850. The second-order valence-corrected chi connectivity index (χ2v) is 6.05. The summed E-state index contributed by atoms with van der Waals surface area (Å²) < 4.78 is 30.1. The lowest BCUT2D eigenvalue weighted by atomic mass is 10.2. The Morgan fingerprint density at radius 1 is 1.41 bits per heavy atom. The molecule has 5 nitrogen and oxygen atoms in total. The molecule has 0 aliphatic carbocycles. The molecular weight excluding hydrogens is 240 g/mol. The highest BCUT2D eigenvalue weighted by Gasteiger charge is 2.10. The van der Waals surface area contributed by atoms with Crippen LogP contribution in [-0.4, -0.2) is 27.8 Å². The Balaban J connectivity index is 2.28. The van der Waals surface area contributed by atoms with E-state index in [2.05, 4.69) is 10.0 Å². The summed E-state index contributed by atoms with van der Waals surface area (Å²) in [5.41, 5.74) is 0. The SMILES string of the molecule is CNS(=O)(=O)CCCN[C@H](C)c1ccc(C)o1. The van der Waals surface area contributed by atoms with Crippen molar-refractivity contribution in [2.24, 2.45) is 0 Å². The Kier molecular flexibility index (Phi) is 5.17. The van der Waals surface area contributed by atoms with Gasteiger partial charge in [0, 0.05) is 0 Å². The first-order valence-electron chi connectivity index (χ1n) is 5.65. The monoisotopic (exact) mass is 260 g/mol. The first-order valence-corrected chi connectivity index (χ1v) is 7.31. The minimum absolute atomic E-state index is 0.0981. The first-order chi connectivity index (χ1) is 7.94. The average Bonchev–Trinajstić information content (AvgIpc) is 2.71. The van der Waals surface area contributed by atoms with Gasteiger partial charge in [0.2, 0.25) is 10.0 Å². The summed E-state index contributed by atoms with van der Waals surface area (Å²) >= 11 is 0. The predicted octanol–water partition coefficient (Wildman–Crippen LogP) is 1.18. The van der Waals surface area contributed by atoms with Crippen molar-refractivity contribution in [3.05, 3.63) is 23.7 Å². The summed E-state index contributed by atoms with van der Waals surface area (Å²) in [5, 5.41) is 3.22. The molecule has 0 aliphatic heterocycles. The molecule has 1 aromatic rings. The quantitative estimate of drug-likeness (QED) is 0.722. The van der Waals surface area contributed by atoms with Crippen molar-refractivity contribution in [1.82, 2.24) is 10.0 Å². The molecule has 0 amide bonds. The van der Waals surface area contributed by atoms with Gasteiger partial charge in [0.05, 0.1) is 11.8 Å². The minimum Gasteiger partial charge on any atom is -0.465 e. The van der Waals surface area contributed by atoms with E-state index in [0.717, 1.165) is 11.5 Å². The molecular formula is C11H20N2O3S. The van der Waals surface area contributed by atoms with Gasteiger partial charge in [-0.2, -0.15) is 0 Å². The van der Waals surface area contributed by atoms with Crippen LogP contribution in [0.3, 0.4) is 0 Å². The number of sulfonamides is 1. The molecule has 1 atom stereocenters. The average molecular weight is 260 g/mol. The van der Waals surface area contributed by atoms with Gasteiger partial charge in [-0.15, -0.1) is 0 Å². The summed E-state index contributed by atoms with van der Waals surface area (Å²) in [6.07, 6.45) is 0.577. The van der Waals surface area contributed by atoms with Gasteiger partial charge in [-0.1, -0.05) is 0 Å². The molecule has 1 heterocycles. The number of aryl methyl sites for hydroxylation is 1. The van der Waals surface area contributed by atoms with E-state index in [1.54, 1.807) is 0 Å². The van der Waals surface area contributed by atoms with Gasteiger partial charge in [0.25, 0.3) is 0 Å². The lowest BCUT2D eigenvalue weighted by Gasteiger charge is -2.11. The van der Waals surface area contributed by atoms with Gasteiger partial charge in [-0.3, -0.25) is 0 Å². The lowest BCUT2D eigenvalue weighted by Crippen LogP contribution is -2.26. The normalized spacial score (nSPS) is 13.8. The molecule has 0 aromatic carbocycles. The summed E-state index contributed by atoms with van der Waals surface area (Å²) in [7, 11) is -1.66. The van der Waals surface area contributed by atoms with Crippen LogP contribution in [-0.2, 0) is 10.0 Å². The molecule has 1 rings (SSSR count). The molecule has 0 aliphatic rings. The molecule has 0 spiro atoms. The van der Waals surface area contributed by atoms with E-state index in [9.17, 15) is 8.42 Å². The lowest BCUT2D eigenvalue weighted by molar-refractivity contribution is 0.417. The third-order valence-corrected chi connectivity index (χ3v) is 3.99. The fourth-order valence-corrected chi connectivity index (χ4v) is 2.20. The van der Waals surface area contributed by atoms with E-state index in [-0.39, 0.29) is 11.8 Å². The van der Waals surface area contributed by atoms with Gasteiger partial charge in [-0.25, -0.2) is 13.1 Å². The minimum atomic E-state index is -3.09. The maximum atomic E-state index is 11.2. The van der Waals surface area contributed by atoms with Crippen LogP contribution in [0.25, 0.3) is 0 Å². The van der Waals surface area contributed by atoms with Gasteiger partial charge >= 0.3 is 0 Å². The van der Waals surface area contributed by atoms with Gasteiger partial charge in [0.1, 0.15) is 11.5 Å². The van der Waals surface area contributed by atoms with Crippen molar-refractivity contribution in [2.45, 2.75) is 26.3 Å². The van der Waals surface area contributed by atoms with Crippen molar-refractivity contribution >= 4 is 10.0 Å². The van der Waals surface area contributed by atoms with E-state index in [4.69, 9.17) is 4.42 Å². The molecule has 0 radical (unpaired) electrons. The first kappa shape index (κ1) is 14.2. The Labute approximate surface area is 103 Å². The fraction of sp³-hybridized carbons (Fsp3) is 0.636. The van der Waals surface area contributed by atoms with Gasteiger partial charge in [-0.05, 0) is 46.0 Å². The van der Waals surface area contributed by atoms with Crippen LogP contribution in [0, 0.1) is 6.92 Å². The summed E-state index contributed by atoms with van der Waals surface area (Å²) in [5.74, 6) is 1.89. The van der Waals surface area contributed by atoms with Crippen LogP contribution in [0.4, 0.5) is 0 Å². The van der Waals surface area contributed by atoms with E-state index >= 15 is 0 Å². The predicted molar refractivity (Wildman–Crippen MR) is 67.3 cm³/mol. The number of furan rings is 1. The topological polar surface area (TPSA) is 71.3 Å². The Bertz CT molecular complexity index is 439. The molecule has 6 heteroatoms. The van der Waals surface area contributed by atoms with Gasteiger partial charge in [0.15, 0.2) is 0 Å². The second kappa shape index (κ2) is 6.18. The molecule has 0 bridgehead atoms. The molecule has 17 heavy (non-hydrogen) atoms. The summed E-state index contributed by atoms with van der Waals surface area (Å²) in [4.78, 5) is 0. The fourth-order valence-electron chi connectivity index (χ4n) is 1.47. The smallest absolute Gasteiger partial charge is 0.211 e. The largest absolute Gasteiger partial charge is 0.465 e. The number of rotatable bonds is 7. The van der Waals surface area contributed by atoms with Crippen molar-refractivity contribution in [1.29, 1.82) is 0 Å². The van der Waals surface area contributed by atoms with Crippen LogP contribution in [0.1, 0.15) is 30.9 Å².